The van der Waals surface area contributed by atoms with E-state index in [0.717, 1.165) is 37.3 Å². The van der Waals surface area contributed by atoms with Crippen molar-refractivity contribution in [3.8, 4) is 11.5 Å². The number of hydrogen-bond acceptors (Lipinski definition) is 5. The van der Waals surface area contributed by atoms with Gasteiger partial charge in [0.1, 0.15) is 12.4 Å². The van der Waals surface area contributed by atoms with E-state index in [4.69, 9.17) is 21.1 Å². The highest BCUT2D eigenvalue weighted by atomic mass is 35.5. The standard InChI is InChI=1S/C24H22ClN3O4/c1-31-19-11-16-18(12-20(19)32-14-15-7-3-2-4-8-15)28(24(29)30)22-17(25)13-26-23(21(16)22)27-9-5-6-10-27/h2-4,7-8,11-13H,5-6,9-10,14H2,1H3,(H,29,30). The lowest BCUT2D eigenvalue weighted by molar-refractivity contribution is 0.198. The lowest BCUT2D eigenvalue weighted by atomic mass is 10.1. The van der Waals surface area contributed by atoms with Crippen LogP contribution in [0.5, 0.6) is 11.5 Å². The molecule has 1 aliphatic heterocycles. The molecule has 0 amide bonds. The van der Waals surface area contributed by atoms with Crippen molar-refractivity contribution in [3.63, 3.8) is 0 Å². The molecule has 1 N–H and O–H groups in total. The summed E-state index contributed by atoms with van der Waals surface area (Å²) >= 11 is 6.48. The van der Waals surface area contributed by atoms with Gasteiger partial charge in [-0.2, -0.15) is 0 Å². The van der Waals surface area contributed by atoms with Gasteiger partial charge >= 0.3 is 6.09 Å². The van der Waals surface area contributed by atoms with Gasteiger partial charge in [0.25, 0.3) is 0 Å². The maximum atomic E-state index is 12.3. The fraction of sp³-hybridized carbons (Fsp3) is 0.250. The van der Waals surface area contributed by atoms with E-state index >= 15 is 0 Å². The molecule has 0 aliphatic carbocycles. The Bertz CT molecular complexity index is 1310. The minimum atomic E-state index is -1.12. The number of hydrogen-bond donors (Lipinski definition) is 1. The molecule has 3 heterocycles. The van der Waals surface area contributed by atoms with Crippen molar-refractivity contribution >= 4 is 45.3 Å². The summed E-state index contributed by atoms with van der Waals surface area (Å²) in [5, 5.41) is 11.8. The van der Waals surface area contributed by atoms with Crippen LogP contribution in [0.15, 0.2) is 48.7 Å². The number of ether oxygens (including phenoxy) is 2. The summed E-state index contributed by atoms with van der Waals surface area (Å²) in [6, 6.07) is 13.3. The minimum absolute atomic E-state index is 0.285. The number of aromatic nitrogens is 2. The van der Waals surface area contributed by atoms with Crippen LogP contribution in [0.2, 0.25) is 5.02 Å². The maximum absolute atomic E-state index is 12.3. The van der Waals surface area contributed by atoms with Crippen LogP contribution >= 0.6 is 11.6 Å². The zero-order valence-electron chi connectivity index (χ0n) is 17.5. The van der Waals surface area contributed by atoms with Gasteiger partial charge in [-0.05, 0) is 24.5 Å². The van der Waals surface area contributed by atoms with Gasteiger partial charge in [-0.3, -0.25) is 0 Å². The van der Waals surface area contributed by atoms with Crippen molar-refractivity contribution < 1.29 is 19.4 Å². The van der Waals surface area contributed by atoms with Crippen molar-refractivity contribution in [2.24, 2.45) is 0 Å². The lowest BCUT2D eigenvalue weighted by Crippen LogP contribution is -2.19. The summed E-state index contributed by atoms with van der Waals surface area (Å²) in [6.07, 6.45) is 2.55. The third kappa shape index (κ3) is 3.39. The molecular weight excluding hydrogens is 430 g/mol. The van der Waals surface area contributed by atoms with E-state index in [9.17, 15) is 9.90 Å². The summed E-state index contributed by atoms with van der Waals surface area (Å²) in [4.78, 5) is 19.1. The molecule has 1 saturated heterocycles. The monoisotopic (exact) mass is 451 g/mol. The molecule has 0 radical (unpaired) electrons. The zero-order chi connectivity index (χ0) is 22.2. The Balaban J connectivity index is 1.73. The molecular formula is C24H22ClN3O4. The molecule has 0 unspecified atom stereocenters. The third-order valence-electron chi connectivity index (χ3n) is 5.84. The Morgan fingerprint density at radius 3 is 2.59 bits per heavy atom. The van der Waals surface area contributed by atoms with Crippen LogP contribution in [0.25, 0.3) is 21.8 Å². The van der Waals surface area contributed by atoms with Gasteiger partial charge in [0.05, 0.1) is 34.7 Å². The van der Waals surface area contributed by atoms with Gasteiger partial charge < -0.3 is 19.5 Å². The molecule has 8 heteroatoms. The highest BCUT2D eigenvalue weighted by molar-refractivity contribution is 6.37. The van der Waals surface area contributed by atoms with Gasteiger partial charge in [-0.25, -0.2) is 14.3 Å². The Kier molecular flexibility index (Phi) is 5.27. The SMILES string of the molecule is COc1cc2c3c(N4CCCC4)ncc(Cl)c3n(C(=O)O)c2cc1OCc1ccccc1. The van der Waals surface area contributed by atoms with Gasteiger partial charge in [0.2, 0.25) is 0 Å². The molecule has 0 saturated carbocycles. The molecule has 0 atom stereocenters. The number of anilines is 1. The number of nitrogens with zero attached hydrogens (tertiary/aromatic N) is 3. The van der Waals surface area contributed by atoms with Crippen LogP contribution < -0.4 is 14.4 Å². The first-order chi connectivity index (χ1) is 15.6. The van der Waals surface area contributed by atoms with Crippen LogP contribution in [0, 0.1) is 0 Å². The maximum Gasteiger partial charge on any atom is 0.416 e. The Morgan fingerprint density at radius 2 is 1.91 bits per heavy atom. The second-order valence-corrected chi connectivity index (χ2v) is 8.17. The van der Waals surface area contributed by atoms with E-state index in [-0.39, 0.29) is 5.02 Å². The normalized spacial score (nSPS) is 13.8. The van der Waals surface area contributed by atoms with Gasteiger partial charge in [-0.15, -0.1) is 0 Å². The van der Waals surface area contributed by atoms with Crippen LogP contribution in [-0.2, 0) is 6.61 Å². The molecule has 1 aliphatic rings. The number of rotatable bonds is 5. The summed E-state index contributed by atoms with van der Waals surface area (Å²) in [5.74, 6) is 1.72. The summed E-state index contributed by atoms with van der Waals surface area (Å²) in [6.45, 7) is 2.08. The Labute approximate surface area is 189 Å². The number of halogens is 1. The average Bonchev–Trinajstić information content (AvgIpc) is 3.45. The van der Waals surface area contributed by atoms with Crippen LogP contribution in [0.1, 0.15) is 18.4 Å². The summed E-state index contributed by atoms with van der Waals surface area (Å²) in [5.41, 5.74) is 1.90. The lowest BCUT2D eigenvalue weighted by Gasteiger charge is -2.18. The van der Waals surface area contributed by atoms with E-state index in [1.807, 2.05) is 36.4 Å². The number of pyridine rings is 1. The molecule has 0 bridgehead atoms. The quantitative estimate of drug-likeness (QED) is 0.428. The molecule has 2 aromatic heterocycles. The number of carboxylic acid groups (broad SMARTS) is 1. The number of fused-ring (bicyclic) bond motifs is 3. The van der Waals surface area contributed by atoms with Crippen LogP contribution in [0.4, 0.5) is 10.6 Å². The molecule has 32 heavy (non-hydrogen) atoms. The predicted molar refractivity (Wildman–Crippen MR) is 124 cm³/mol. The Morgan fingerprint density at radius 1 is 1.16 bits per heavy atom. The van der Waals surface area contributed by atoms with Crippen LogP contribution in [-0.4, -0.2) is 41.0 Å². The molecule has 7 nitrogen and oxygen atoms in total. The van der Waals surface area contributed by atoms with E-state index in [1.54, 1.807) is 13.2 Å². The largest absolute Gasteiger partial charge is 0.493 e. The molecule has 164 valence electrons. The topological polar surface area (TPSA) is 76.8 Å². The fourth-order valence-electron chi connectivity index (χ4n) is 4.37. The first kappa shape index (κ1) is 20.5. The van der Waals surface area contributed by atoms with Gasteiger partial charge in [-0.1, -0.05) is 41.9 Å². The van der Waals surface area contributed by atoms with Crippen molar-refractivity contribution in [2.75, 3.05) is 25.1 Å². The summed E-state index contributed by atoms with van der Waals surface area (Å²) < 4.78 is 12.8. The number of benzene rings is 2. The zero-order valence-corrected chi connectivity index (χ0v) is 18.3. The van der Waals surface area contributed by atoms with Gasteiger partial charge in [0.15, 0.2) is 11.5 Å². The highest BCUT2D eigenvalue weighted by Gasteiger charge is 2.26. The van der Waals surface area contributed by atoms with Crippen molar-refractivity contribution in [1.29, 1.82) is 0 Å². The minimum Gasteiger partial charge on any atom is -0.493 e. The summed E-state index contributed by atoms with van der Waals surface area (Å²) in [7, 11) is 1.57. The molecule has 2 aromatic carbocycles. The fourth-order valence-corrected chi connectivity index (χ4v) is 4.59. The molecule has 1 fully saturated rings. The van der Waals surface area contributed by atoms with Crippen molar-refractivity contribution in [1.82, 2.24) is 9.55 Å². The van der Waals surface area contributed by atoms with E-state index < -0.39 is 6.09 Å². The number of carbonyl (C=O) groups is 1. The van der Waals surface area contributed by atoms with Gasteiger partial charge in [0, 0.05) is 24.5 Å². The van der Waals surface area contributed by atoms with E-state index in [0.29, 0.717) is 39.9 Å². The Hall–Kier alpha value is -3.45. The van der Waals surface area contributed by atoms with Crippen molar-refractivity contribution in [2.45, 2.75) is 19.4 Å². The number of methoxy groups -OCH3 is 1. The second kappa shape index (κ2) is 8.24. The van der Waals surface area contributed by atoms with Crippen molar-refractivity contribution in [3.05, 3.63) is 59.2 Å². The highest BCUT2D eigenvalue weighted by Crippen LogP contribution is 2.43. The first-order valence-electron chi connectivity index (χ1n) is 10.4. The van der Waals surface area contributed by atoms with E-state index in [2.05, 4.69) is 9.88 Å². The predicted octanol–water partition coefficient (Wildman–Crippen LogP) is 5.56. The van der Waals surface area contributed by atoms with Crippen LogP contribution in [0.3, 0.4) is 0 Å². The second-order valence-electron chi connectivity index (χ2n) is 7.76. The molecule has 4 aromatic rings. The third-order valence-corrected chi connectivity index (χ3v) is 6.11. The molecule has 5 rings (SSSR count). The van der Waals surface area contributed by atoms with E-state index in [1.165, 1.54) is 10.8 Å². The molecule has 0 spiro atoms. The first-order valence-corrected chi connectivity index (χ1v) is 10.8. The average molecular weight is 452 g/mol. The smallest absolute Gasteiger partial charge is 0.416 e.